The van der Waals surface area contributed by atoms with Crippen LogP contribution in [0.2, 0.25) is 0 Å². The predicted molar refractivity (Wildman–Crippen MR) is 52.8 cm³/mol. The fraction of sp³-hybridized carbons (Fsp3) is 0.700. The van der Waals surface area contributed by atoms with Crippen molar-refractivity contribution in [3.8, 4) is 0 Å². The summed E-state index contributed by atoms with van der Waals surface area (Å²) in [7, 11) is 0. The highest BCUT2D eigenvalue weighted by Crippen LogP contribution is 2.56. The Kier molecular flexibility index (Phi) is 1.22. The van der Waals surface area contributed by atoms with Crippen molar-refractivity contribution in [1.82, 2.24) is 4.90 Å². The van der Waals surface area contributed by atoms with Gasteiger partial charge in [0.05, 0.1) is 12.0 Å². The number of fused-ring (bicyclic) bond motifs is 2. The second kappa shape index (κ2) is 2.19. The molecule has 14 heavy (non-hydrogen) atoms. The number of hydrogen-bond donors (Lipinski definition) is 0. The van der Waals surface area contributed by atoms with Gasteiger partial charge < -0.3 is 9.64 Å². The van der Waals surface area contributed by atoms with Gasteiger partial charge in [-0.05, 0) is 6.42 Å². The molecule has 3 fully saturated rings. The smallest absolute Gasteiger partial charge is 0.230 e. The summed E-state index contributed by atoms with van der Waals surface area (Å²) < 4.78 is 5.97. The van der Waals surface area contributed by atoms with Gasteiger partial charge in [-0.3, -0.25) is 4.79 Å². The van der Waals surface area contributed by atoms with Crippen molar-refractivity contribution in [2.45, 2.75) is 23.5 Å². The molecule has 0 aromatic carbocycles. The summed E-state index contributed by atoms with van der Waals surface area (Å²) >= 11 is 1.87. The second-order valence-electron chi connectivity index (χ2n) is 4.41. The van der Waals surface area contributed by atoms with E-state index in [1.807, 2.05) is 16.7 Å². The quantitative estimate of drug-likeness (QED) is 0.548. The zero-order valence-corrected chi connectivity index (χ0v) is 8.50. The molecule has 74 valence electrons. The number of carbonyl (C=O) groups is 1. The normalized spacial score (nSPS) is 53.0. The lowest BCUT2D eigenvalue weighted by molar-refractivity contribution is -0.130. The standard InChI is InChI=1S/C10H11NO2S/c12-8-7-5-6-1-2-10(7,13-6)9-11(8)3-4-14-9/h1-2,6-7,9H,3-5H2/t6-,7+,9+,10-/m0/s1. The van der Waals surface area contributed by atoms with Gasteiger partial charge in [-0.2, -0.15) is 0 Å². The molecular formula is C10H11NO2S. The number of thioether (sulfide) groups is 1. The molecule has 3 nitrogen and oxygen atoms in total. The Bertz CT molecular complexity index is 356. The molecular weight excluding hydrogens is 198 g/mol. The molecule has 4 aliphatic rings. The first kappa shape index (κ1) is 7.77. The average Bonchev–Trinajstić information content (AvgIpc) is 2.90. The van der Waals surface area contributed by atoms with E-state index in [-0.39, 0.29) is 23.0 Å². The van der Waals surface area contributed by atoms with Gasteiger partial charge in [0.2, 0.25) is 5.91 Å². The third kappa shape index (κ3) is 0.643. The number of amides is 1. The summed E-state index contributed by atoms with van der Waals surface area (Å²) in [5, 5.41) is 0.267. The Labute approximate surface area is 86.5 Å². The van der Waals surface area contributed by atoms with Crippen LogP contribution in [-0.4, -0.2) is 40.2 Å². The predicted octanol–water partition coefficient (Wildman–Crippen LogP) is 0.615. The Morgan fingerprint density at radius 1 is 1.64 bits per heavy atom. The van der Waals surface area contributed by atoms with Gasteiger partial charge >= 0.3 is 0 Å². The van der Waals surface area contributed by atoms with Crippen LogP contribution in [0.1, 0.15) is 6.42 Å². The largest absolute Gasteiger partial charge is 0.360 e. The number of nitrogens with zero attached hydrogens (tertiary/aromatic N) is 1. The first-order valence-electron chi connectivity index (χ1n) is 5.10. The van der Waals surface area contributed by atoms with E-state index in [4.69, 9.17) is 4.74 Å². The van der Waals surface area contributed by atoms with E-state index in [2.05, 4.69) is 12.2 Å². The molecule has 0 aliphatic carbocycles. The highest BCUT2D eigenvalue weighted by Gasteiger charge is 2.66. The van der Waals surface area contributed by atoms with Gasteiger partial charge in [0, 0.05) is 12.3 Å². The van der Waals surface area contributed by atoms with Crippen LogP contribution in [-0.2, 0) is 9.53 Å². The van der Waals surface area contributed by atoms with E-state index in [1.54, 1.807) is 0 Å². The first-order valence-corrected chi connectivity index (χ1v) is 6.15. The van der Waals surface area contributed by atoms with Gasteiger partial charge in [-0.15, -0.1) is 11.8 Å². The molecule has 0 unspecified atom stereocenters. The Morgan fingerprint density at radius 3 is 3.43 bits per heavy atom. The van der Waals surface area contributed by atoms with E-state index < -0.39 is 0 Å². The molecule has 1 spiro atoms. The van der Waals surface area contributed by atoms with E-state index >= 15 is 0 Å². The topological polar surface area (TPSA) is 29.5 Å². The number of ether oxygens (including phenoxy) is 1. The highest BCUT2D eigenvalue weighted by atomic mass is 32.2. The Morgan fingerprint density at radius 2 is 2.57 bits per heavy atom. The third-order valence-electron chi connectivity index (χ3n) is 3.80. The monoisotopic (exact) mass is 209 g/mol. The lowest BCUT2D eigenvalue weighted by Gasteiger charge is -2.27. The van der Waals surface area contributed by atoms with Crippen LogP contribution in [0.15, 0.2) is 12.2 Å². The lowest BCUT2D eigenvalue weighted by atomic mass is 9.85. The molecule has 4 heteroatoms. The van der Waals surface area contributed by atoms with E-state index in [9.17, 15) is 4.79 Å². The highest BCUT2D eigenvalue weighted by molar-refractivity contribution is 8.00. The van der Waals surface area contributed by atoms with Gasteiger partial charge in [-0.25, -0.2) is 0 Å². The number of hydrogen-bond acceptors (Lipinski definition) is 3. The van der Waals surface area contributed by atoms with Crippen LogP contribution in [0.3, 0.4) is 0 Å². The fourth-order valence-corrected chi connectivity index (χ4v) is 4.69. The summed E-state index contributed by atoms with van der Waals surface area (Å²) in [5.74, 6) is 1.51. The fourth-order valence-electron chi connectivity index (χ4n) is 3.22. The van der Waals surface area contributed by atoms with Crippen molar-refractivity contribution in [3.05, 3.63) is 12.2 Å². The maximum atomic E-state index is 12.1. The van der Waals surface area contributed by atoms with Crippen molar-refractivity contribution in [2.75, 3.05) is 12.3 Å². The molecule has 0 N–H and O–H groups in total. The third-order valence-corrected chi connectivity index (χ3v) is 5.15. The molecule has 2 bridgehead atoms. The van der Waals surface area contributed by atoms with Crippen LogP contribution < -0.4 is 0 Å². The van der Waals surface area contributed by atoms with Crippen molar-refractivity contribution in [3.63, 3.8) is 0 Å². The van der Waals surface area contributed by atoms with Crippen molar-refractivity contribution in [1.29, 1.82) is 0 Å². The van der Waals surface area contributed by atoms with Crippen LogP contribution in [0.4, 0.5) is 0 Å². The molecule has 0 aromatic heterocycles. The maximum Gasteiger partial charge on any atom is 0.230 e. The zero-order valence-electron chi connectivity index (χ0n) is 7.68. The SMILES string of the molecule is O=C1[C@H]2C[C@@H]3C=C[C@@]2(O3)[C@H]2SCCN12. The zero-order chi connectivity index (χ0) is 9.34. The first-order chi connectivity index (χ1) is 6.81. The molecule has 3 saturated heterocycles. The minimum Gasteiger partial charge on any atom is -0.360 e. The molecule has 0 aromatic rings. The summed E-state index contributed by atoms with van der Waals surface area (Å²) in [6, 6.07) is 0. The maximum absolute atomic E-state index is 12.1. The molecule has 0 saturated carbocycles. The Hall–Kier alpha value is -0.480. The molecule has 1 amide bonds. The van der Waals surface area contributed by atoms with Crippen LogP contribution in [0, 0.1) is 5.92 Å². The minimum atomic E-state index is -0.247. The molecule has 4 heterocycles. The van der Waals surface area contributed by atoms with Crippen molar-refractivity contribution >= 4 is 17.7 Å². The summed E-state index contributed by atoms with van der Waals surface area (Å²) in [6.07, 6.45) is 5.40. The second-order valence-corrected chi connectivity index (χ2v) is 5.60. The van der Waals surface area contributed by atoms with Crippen molar-refractivity contribution < 1.29 is 9.53 Å². The molecule has 4 atom stereocenters. The molecule has 4 rings (SSSR count). The minimum absolute atomic E-state index is 0.121. The van der Waals surface area contributed by atoms with Gasteiger partial charge in [0.15, 0.2) is 0 Å². The van der Waals surface area contributed by atoms with Gasteiger partial charge in [-0.1, -0.05) is 12.2 Å². The van der Waals surface area contributed by atoms with E-state index in [0.29, 0.717) is 5.91 Å². The van der Waals surface area contributed by atoms with E-state index in [1.165, 1.54) is 0 Å². The average molecular weight is 209 g/mol. The van der Waals surface area contributed by atoms with Crippen molar-refractivity contribution in [2.24, 2.45) is 5.92 Å². The summed E-state index contributed by atoms with van der Waals surface area (Å²) in [6.45, 7) is 0.911. The Balaban J connectivity index is 1.88. The lowest BCUT2D eigenvalue weighted by Crippen LogP contribution is -2.39. The molecule has 0 radical (unpaired) electrons. The van der Waals surface area contributed by atoms with Gasteiger partial charge in [0.1, 0.15) is 11.0 Å². The molecule has 4 aliphatic heterocycles. The number of rotatable bonds is 0. The van der Waals surface area contributed by atoms with Crippen LogP contribution in [0.25, 0.3) is 0 Å². The summed E-state index contributed by atoms with van der Waals surface area (Å²) in [4.78, 5) is 14.1. The number of carbonyl (C=O) groups excluding carboxylic acids is 1. The van der Waals surface area contributed by atoms with Crippen LogP contribution in [0.5, 0.6) is 0 Å². The van der Waals surface area contributed by atoms with E-state index in [0.717, 1.165) is 18.7 Å². The van der Waals surface area contributed by atoms with Gasteiger partial charge in [0.25, 0.3) is 0 Å². The van der Waals surface area contributed by atoms with Crippen LogP contribution >= 0.6 is 11.8 Å². The summed E-state index contributed by atoms with van der Waals surface area (Å²) in [5.41, 5.74) is -0.247.